The number of sulfone groups is 1. The Morgan fingerprint density at radius 1 is 1.33 bits per heavy atom. The number of anilines is 2. The molecule has 0 aliphatic carbocycles. The Labute approximate surface area is 158 Å². The topological polar surface area (TPSA) is 98.4 Å². The third kappa shape index (κ3) is 4.92. The Hall–Kier alpha value is -2.26. The van der Waals surface area contributed by atoms with E-state index in [1.165, 1.54) is 6.07 Å². The maximum Gasteiger partial charge on any atom is 0.222 e. The van der Waals surface area contributed by atoms with Crippen LogP contribution in [0.3, 0.4) is 0 Å². The second-order valence-corrected chi connectivity index (χ2v) is 8.93. The number of hydrogen-bond donors (Lipinski definition) is 1. The quantitative estimate of drug-likeness (QED) is 0.847. The molecule has 1 fully saturated rings. The number of aromatic nitrogens is 2. The van der Waals surface area contributed by atoms with E-state index < -0.39 is 21.7 Å². The molecule has 3 rings (SSSR count). The standard InChI is InChI=1S/C18H23FN4O3S/c1-12-8-17(22-18(20)21-12)23-6-3-7-26-10-16(23)14-5-4-13(9-15(14)19)11-27(2,24)25/h4-5,8-9,16H,3,6-7,10-11H2,1-2H3,(H2,20,21,22)/t16-/m0/s1. The third-order valence-electron chi connectivity index (χ3n) is 4.34. The Morgan fingerprint density at radius 3 is 2.78 bits per heavy atom. The predicted molar refractivity (Wildman–Crippen MR) is 102 cm³/mol. The summed E-state index contributed by atoms with van der Waals surface area (Å²) in [5, 5.41) is 0. The predicted octanol–water partition coefficient (Wildman–Crippen LogP) is 2.02. The van der Waals surface area contributed by atoms with Crippen LogP contribution in [0, 0.1) is 12.7 Å². The van der Waals surface area contributed by atoms with E-state index in [1.54, 1.807) is 12.1 Å². The number of nitrogens with zero attached hydrogens (tertiary/aromatic N) is 3. The highest BCUT2D eigenvalue weighted by atomic mass is 32.2. The summed E-state index contributed by atoms with van der Waals surface area (Å²) in [4.78, 5) is 10.4. The smallest absolute Gasteiger partial charge is 0.222 e. The molecule has 2 heterocycles. The molecule has 0 unspecified atom stereocenters. The van der Waals surface area contributed by atoms with Crippen molar-refractivity contribution < 1.29 is 17.5 Å². The molecule has 0 saturated carbocycles. The average molecular weight is 394 g/mol. The summed E-state index contributed by atoms with van der Waals surface area (Å²) < 4.78 is 43.5. The van der Waals surface area contributed by atoms with Gasteiger partial charge in [0.2, 0.25) is 5.95 Å². The van der Waals surface area contributed by atoms with Crippen LogP contribution in [0.15, 0.2) is 24.3 Å². The maximum atomic E-state index is 14.9. The summed E-state index contributed by atoms with van der Waals surface area (Å²) in [6.07, 6.45) is 1.90. The van der Waals surface area contributed by atoms with E-state index in [0.29, 0.717) is 36.7 Å². The first-order valence-corrected chi connectivity index (χ1v) is 10.7. The van der Waals surface area contributed by atoms with Crippen LogP contribution in [0.2, 0.25) is 0 Å². The van der Waals surface area contributed by atoms with Gasteiger partial charge in [-0.25, -0.2) is 17.8 Å². The van der Waals surface area contributed by atoms with E-state index in [-0.39, 0.29) is 11.7 Å². The fourth-order valence-corrected chi connectivity index (χ4v) is 4.05. The van der Waals surface area contributed by atoms with Crippen molar-refractivity contribution in [3.05, 3.63) is 46.9 Å². The molecule has 1 atom stereocenters. The van der Waals surface area contributed by atoms with Gasteiger partial charge in [0.1, 0.15) is 11.6 Å². The van der Waals surface area contributed by atoms with Crippen LogP contribution in [0.5, 0.6) is 0 Å². The normalized spacial score (nSPS) is 18.3. The van der Waals surface area contributed by atoms with Gasteiger partial charge in [0.05, 0.1) is 18.4 Å². The van der Waals surface area contributed by atoms with Gasteiger partial charge >= 0.3 is 0 Å². The van der Waals surface area contributed by atoms with Gasteiger partial charge in [-0.1, -0.05) is 12.1 Å². The SMILES string of the molecule is Cc1cc(N2CCCOC[C@H]2c2ccc(CS(C)(=O)=O)cc2F)nc(N)n1. The fraction of sp³-hybridized carbons (Fsp3) is 0.444. The summed E-state index contributed by atoms with van der Waals surface area (Å²) in [5.74, 6) is 0.125. The van der Waals surface area contributed by atoms with Crippen molar-refractivity contribution in [3.8, 4) is 0 Å². The van der Waals surface area contributed by atoms with Crippen molar-refractivity contribution in [2.75, 3.05) is 36.6 Å². The largest absolute Gasteiger partial charge is 0.379 e. The van der Waals surface area contributed by atoms with Crippen LogP contribution in [-0.2, 0) is 20.3 Å². The van der Waals surface area contributed by atoms with Gasteiger partial charge in [-0.3, -0.25) is 0 Å². The number of benzene rings is 1. The summed E-state index contributed by atoms with van der Waals surface area (Å²) in [6.45, 7) is 3.32. The molecule has 1 saturated heterocycles. The van der Waals surface area contributed by atoms with Gasteiger partial charge in [-0.2, -0.15) is 4.98 Å². The number of aryl methyl sites for hydroxylation is 1. The van der Waals surface area contributed by atoms with E-state index in [2.05, 4.69) is 9.97 Å². The molecule has 1 aliphatic heterocycles. The summed E-state index contributed by atoms with van der Waals surface area (Å²) in [6, 6.07) is 5.96. The van der Waals surface area contributed by atoms with Crippen molar-refractivity contribution >= 4 is 21.6 Å². The second kappa shape index (κ2) is 7.77. The van der Waals surface area contributed by atoms with Gasteiger partial charge in [0, 0.05) is 36.7 Å². The molecule has 1 aromatic carbocycles. The fourth-order valence-electron chi connectivity index (χ4n) is 3.26. The van der Waals surface area contributed by atoms with E-state index in [9.17, 15) is 12.8 Å². The minimum Gasteiger partial charge on any atom is -0.379 e. The Morgan fingerprint density at radius 2 is 2.11 bits per heavy atom. The second-order valence-electron chi connectivity index (χ2n) is 6.79. The molecular formula is C18H23FN4O3S. The lowest BCUT2D eigenvalue weighted by Crippen LogP contribution is -2.32. The lowest BCUT2D eigenvalue weighted by atomic mass is 10.0. The Kier molecular flexibility index (Phi) is 5.61. The van der Waals surface area contributed by atoms with Gasteiger partial charge in [0.25, 0.3) is 0 Å². The molecule has 0 radical (unpaired) electrons. The van der Waals surface area contributed by atoms with E-state index >= 15 is 0 Å². The molecular weight excluding hydrogens is 371 g/mol. The summed E-state index contributed by atoms with van der Waals surface area (Å²) in [5.41, 5.74) is 7.37. The first kappa shape index (κ1) is 19.5. The lowest BCUT2D eigenvalue weighted by Gasteiger charge is -2.31. The molecule has 146 valence electrons. The highest BCUT2D eigenvalue weighted by molar-refractivity contribution is 7.89. The molecule has 0 bridgehead atoms. The van der Waals surface area contributed by atoms with Gasteiger partial charge in [-0.15, -0.1) is 0 Å². The van der Waals surface area contributed by atoms with Crippen LogP contribution < -0.4 is 10.6 Å². The lowest BCUT2D eigenvalue weighted by molar-refractivity contribution is 0.133. The van der Waals surface area contributed by atoms with Crippen LogP contribution in [0.25, 0.3) is 0 Å². The van der Waals surface area contributed by atoms with Gasteiger partial charge in [-0.05, 0) is 25.0 Å². The maximum absolute atomic E-state index is 14.9. The van der Waals surface area contributed by atoms with Crippen LogP contribution in [0.1, 0.15) is 29.3 Å². The monoisotopic (exact) mass is 394 g/mol. The third-order valence-corrected chi connectivity index (χ3v) is 5.20. The first-order chi connectivity index (χ1) is 12.7. The minimum atomic E-state index is -3.23. The van der Waals surface area contributed by atoms with Gasteiger partial charge < -0.3 is 15.4 Å². The van der Waals surface area contributed by atoms with Crippen molar-refractivity contribution in [2.45, 2.75) is 25.1 Å². The molecule has 9 heteroatoms. The molecule has 2 aromatic rings. The summed E-state index contributed by atoms with van der Waals surface area (Å²) >= 11 is 0. The van der Waals surface area contributed by atoms with Crippen molar-refractivity contribution in [3.63, 3.8) is 0 Å². The van der Waals surface area contributed by atoms with E-state index in [0.717, 1.165) is 18.4 Å². The molecule has 1 aromatic heterocycles. The first-order valence-electron chi connectivity index (χ1n) is 8.64. The number of nitrogen functional groups attached to an aromatic ring is 1. The van der Waals surface area contributed by atoms with Gasteiger partial charge in [0.15, 0.2) is 9.84 Å². The zero-order valence-electron chi connectivity index (χ0n) is 15.4. The zero-order valence-corrected chi connectivity index (χ0v) is 16.2. The Balaban J connectivity index is 1.98. The summed E-state index contributed by atoms with van der Waals surface area (Å²) in [7, 11) is -3.23. The molecule has 0 spiro atoms. The molecule has 7 nitrogen and oxygen atoms in total. The van der Waals surface area contributed by atoms with E-state index in [4.69, 9.17) is 10.5 Å². The Bertz CT molecular complexity index is 916. The van der Waals surface area contributed by atoms with Crippen LogP contribution in [-0.4, -0.2) is 44.4 Å². The number of rotatable bonds is 4. The number of ether oxygens (including phenoxy) is 1. The molecule has 1 aliphatic rings. The van der Waals surface area contributed by atoms with Crippen molar-refractivity contribution in [2.24, 2.45) is 0 Å². The molecule has 2 N–H and O–H groups in total. The van der Waals surface area contributed by atoms with Crippen LogP contribution >= 0.6 is 0 Å². The average Bonchev–Trinajstić information content (AvgIpc) is 2.78. The molecule has 0 amide bonds. The number of hydrogen-bond acceptors (Lipinski definition) is 7. The number of halogens is 1. The highest BCUT2D eigenvalue weighted by Gasteiger charge is 2.27. The van der Waals surface area contributed by atoms with Crippen LogP contribution in [0.4, 0.5) is 16.2 Å². The minimum absolute atomic E-state index is 0.165. The van der Waals surface area contributed by atoms with E-state index in [1.807, 2.05) is 17.9 Å². The van der Waals surface area contributed by atoms with Crippen molar-refractivity contribution in [1.29, 1.82) is 0 Å². The number of nitrogens with two attached hydrogens (primary N) is 1. The highest BCUT2D eigenvalue weighted by Crippen LogP contribution is 2.31. The molecule has 27 heavy (non-hydrogen) atoms. The zero-order chi connectivity index (χ0) is 19.6. The van der Waals surface area contributed by atoms with Crippen molar-refractivity contribution in [1.82, 2.24) is 9.97 Å².